The smallest absolute Gasteiger partial charge is 0.260 e. The monoisotopic (exact) mass is 516 g/mol. The number of hydrogen-bond donors (Lipinski definition) is 1. The molecule has 1 amide bonds. The molecular formula is C23H25BrN4O3S. The molecule has 0 bridgehead atoms. The molecule has 0 saturated carbocycles. The molecule has 0 aliphatic carbocycles. The van der Waals surface area contributed by atoms with E-state index in [1.807, 2.05) is 45.0 Å². The van der Waals surface area contributed by atoms with Gasteiger partial charge in [-0.05, 0) is 62.7 Å². The quantitative estimate of drug-likeness (QED) is 0.379. The molecule has 9 heteroatoms. The van der Waals surface area contributed by atoms with Gasteiger partial charge in [-0.2, -0.15) is 5.10 Å². The van der Waals surface area contributed by atoms with Gasteiger partial charge in [-0.25, -0.2) is 13.8 Å². The number of anilines is 1. The second kappa shape index (κ2) is 9.70. The Morgan fingerprint density at radius 1 is 1.12 bits per heavy atom. The van der Waals surface area contributed by atoms with Crippen LogP contribution in [0.5, 0.6) is 0 Å². The zero-order valence-corrected chi connectivity index (χ0v) is 20.7. The normalized spacial score (nSPS) is 11.7. The lowest BCUT2D eigenvalue weighted by Gasteiger charge is -2.21. The summed E-state index contributed by atoms with van der Waals surface area (Å²) in [5.74, 6) is -0.542. The van der Waals surface area contributed by atoms with Crippen LogP contribution in [0.4, 0.5) is 5.69 Å². The number of sulfonamides is 1. The maximum Gasteiger partial charge on any atom is 0.260 e. The Kier molecular flexibility index (Phi) is 7.20. The second-order valence-electron chi connectivity index (χ2n) is 7.54. The molecule has 1 aromatic heterocycles. The maximum absolute atomic E-state index is 12.4. The van der Waals surface area contributed by atoms with Gasteiger partial charge in [0.2, 0.25) is 10.0 Å². The number of rotatable bonds is 7. The maximum atomic E-state index is 12.4. The van der Waals surface area contributed by atoms with Gasteiger partial charge in [-0.15, -0.1) is 0 Å². The molecule has 2 aromatic carbocycles. The molecule has 1 heterocycles. The van der Waals surface area contributed by atoms with Crippen molar-refractivity contribution in [3.63, 3.8) is 0 Å². The number of hydrazone groups is 1. The summed E-state index contributed by atoms with van der Waals surface area (Å²) in [5, 5.41) is 4.05. The third-order valence-electron chi connectivity index (χ3n) is 4.91. The van der Waals surface area contributed by atoms with Crippen molar-refractivity contribution in [3.8, 4) is 5.69 Å². The summed E-state index contributed by atoms with van der Waals surface area (Å²) in [7, 11) is -3.65. The largest absolute Gasteiger partial charge is 0.318 e. The Balaban J connectivity index is 1.74. The number of aromatic nitrogens is 1. The van der Waals surface area contributed by atoms with Gasteiger partial charge in [0.05, 0.1) is 18.2 Å². The summed E-state index contributed by atoms with van der Waals surface area (Å²) >= 11 is 3.32. The number of hydrogen-bond acceptors (Lipinski definition) is 4. The molecule has 0 fully saturated rings. The Labute approximate surface area is 196 Å². The van der Waals surface area contributed by atoms with Crippen LogP contribution in [0.1, 0.15) is 22.5 Å². The van der Waals surface area contributed by atoms with Gasteiger partial charge in [0.1, 0.15) is 6.54 Å². The first-order valence-electron chi connectivity index (χ1n) is 9.87. The number of nitrogens with zero attached hydrogens (tertiary/aromatic N) is 3. The van der Waals surface area contributed by atoms with Gasteiger partial charge in [-0.3, -0.25) is 9.10 Å². The summed E-state index contributed by atoms with van der Waals surface area (Å²) in [6, 6.07) is 16.9. The average Bonchev–Trinajstić information content (AvgIpc) is 2.98. The van der Waals surface area contributed by atoms with Crippen LogP contribution in [0.25, 0.3) is 5.69 Å². The molecule has 32 heavy (non-hydrogen) atoms. The molecule has 0 radical (unpaired) electrons. The highest BCUT2D eigenvalue weighted by molar-refractivity contribution is 9.10. The summed E-state index contributed by atoms with van der Waals surface area (Å²) in [6.45, 7) is 5.66. The molecule has 168 valence electrons. The third-order valence-corrected chi connectivity index (χ3v) is 6.54. The fourth-order valence-electron chi connectivity index (χ4n) is 3.45. The first kappa shape index (κ1) is 23.7. The number of carbonyl (C=O) groups is 1. The van der Waals surface area contributed by atoms with Crippen molar-refractivity contribution in [1.82, 2.24) is 9.99 Å². The Morgan fingerprint density at radius 2 is 1.84 bits per heavy atom. The minimum Gasteiger partial charge on any atom is -0.318 e. The second-order valence-corrected chi connectivity index (χ2v) is 10.4. The van der Waals surface area contributed by atoms with E-state index in [0.717, 1.165) is 33.2 Å². The topological polar surface area (TPSA) is 83.8 Å². The van der Waals surface area contributed by atoms with Crippen LogP contribution in [0.3, 0.4) is 0 Å². The van der Waals surface area contributed by atoms with Gasteiger partial charge < -0.3 is 4.57 Å². The van der Waals surface area contributed by atoms with Crippen LogP contribution >= 0.6 is 15.9 Å². The Hall–Kier alpha value is -2.91. The number of nitrogens with one attached hydrogen (secondary N) is 1. The highest BCUT2D eigenvalue weighted by atomic mass is 79.9. The van der Waals surface area contributed by atoms with Gasteiger partial charge in [0.25, 0.3) is 5.91 Å². The van der Waals surface area contributed by atoms with Crippen LogP contribution < -0.4 is 9.73 Å². The zero-order valence-electron chi connectivity index (χ0n) is 18.3. The minimum absolute atomic E-state index is 0.380. The molecule has 7 nitrogen and oxygen atoms in total. The molecule has 3 aromatic rings. The van der Waals surface area contributed by atoms with Gasteiger partial charge >= 0.3 is 0 Å². The standard InChI is InChI=1S/C23H25BrN4O3S/c1-16-7-5-10-22(11-16)28-17(2)12-19(18(28)3)14-25-26-23(29)15-27(32(4,30)31)21-9-6-8-20(24)13-21/h5-14H,15H2,1-4H3,(H,26,29)/b25-14+. The first-order valence-corrected chi connectivity index (χ1v) is 12.5. The van der Waals surface area contributed by atoms with E-state index in [1.165, 1.54) is 5.56 Å². The molecule has 0 saturated heterocycles. The van der Waals surface area contributed by atoms with Crippen LogP contribution in [-0.4, -0.2) is 37.9 Å². The molecule has 1 N–H and O–H groups in total. The van der Waals surface area contributed by atoms with Crippen molar-refractivity contribution in [2.24, 2.45) is 5.10 Å². The average molecular weight is 517 g/mol. The molecule has 0 unspecified atom stereocenters. The Bertz CT molecular complexity index is 1280. The third kappa shape index (κ3) is 5.66. The van der Waals surface area contributed by atoms with E-state index >= 15 is 0 Å². The summed E-state index contributed by atoms with van der Waals surface area (Å²) in [4.78, 5) is 12.4. The summed E-state index contributed by atoms with van der Waals surface area (Å²) < 4.78 is 28.3. The highest BCUT2D eigenvalue weighted by Crippen LogP contribution is 2.22. The zero-order chi connectivity index (χ0) is 23.5. The predicted molar refractivity (Wildman–Crippen MR) is 132 cm³/mol. The predicted octanol–water partition coefficient (Wildman–Crippen LogP) is 4.08. The van der Waals surface area contributed by atoms with Crippen molar-refractivity contribution < 1.29 is 13.2 Å². The fourth-order valence-corrected chi connectivity index (χ4v) is 4.69. The first-order chi connectivity index (χ1) is 15.1. The van der Waals surface area contributed by atoms with E-state index in [0.29, 0.717) is 10.2 Å². The minimum atomic E-state index is -3.65. The molecule has 0 atom stereocenters. The lowest BCUT2D eigenvalue weighted by molar-refractivity contribution is -0.119. The molecular weight excluding hydrogens is 492 g/mol. The van der Waals surface area contributed by atoms with E-state index in [1.54, 1.807) is 30.5 Å². The molecule has 3 rings (SSSR count). The molecule has 0 aliphatic rings. The van der Waals surface area contributed by atoms with E-state index in [4.69, 9.17) is 0 Å². The fraction of sp³-hybridized carbons (Fsp3) is 0.217. The van der Waals surface area contributed by atoms with Crippen LogP contribution in [0, 0.1) is 20.8 Å². The lowest BCUT2D eigenvalue weighted by Crippen LogP contribution is -2.39. The van der Waals surface area contributed by atoms with Crippen molar-refractivity contribution in [2.45, 2.75) is 20.8 Å². The lowest BCUT2D eigenvalue weighted by atomic mass is 10.2. The van der Waals surface area contributed by atoms with Crippen LogP contribution in [-0.2, 0) is 14.8 Å². The van der Waals surface area contributed by atoms with E-state index in [9.17, 15) is 13.2 Å². The van der Waals surface area contributed by atoms with Crippen molar-refractivity contribution >= 4 is 43.8 Å². The van der Waals surface area contributed by atoms with E-state index in [2.05, 4.69) is 37.1 Å². The van der Waals surface area contributed by atoms with Gasteiger partial charge in [-0.1, -0.05) is 34.1 Å². The number of amides is 1. The Morgan fingerprint density at radius 3 is 2.50 bits per heavy atom. The van der Waals surface area contributed by atoms with Gasteiger partial charge in [0, 0.05) is 27.1 Å². The number of carbonyl (C=O) groups excluding carboxylic acids is 1. The van der Waals surface area contributed by atoms with E-state index in [-0.39, 0.29) is 6.54 Å². The van der Waals surface area contributed by atoms with Crippen molar-refractivity contribution in [1.29, 1.82) is 0 Å². The van der Waals surface area contributed by atoms with Crippen molar-refractivity contribution in [2.75, 3.05) is 17.1 Å². The molecule has 0 spiro atoms. The highest BCUT2D eigenvalue weighted by Gasteiger charge is 2.21. The SMILES string of the molecule is Cc1cccc(-n2c(C)cc(/C=N/NC(=O)CN(c3cccc(Br)c3)S(C)(=O)=O)c2C)c1. The summed E-state index contributed by atoms with van der Waals surface area (Å²) in [5.41, 5.74) is 7.92. The number of halogens is 1. The molecule has 0 aliphatic heterocycles. The number of benzene rings is 2. The van der Waals surface area contributed by atoms with Crippen LogP contribution in [0.15, 0.2) is 64.2 Å². The van der Waals surface area contributed by atoms with Gasteiger partial charge in [0.15, 0.2) is 0 Å². The van der Waals surface area contributed by atoms with Crippen LogP contribution in [0.2, 0.25) is 0 Å². The summed E-state index contributed by atoms with van der Waals surface area (Å²) in [6.07, 6.45) is 2.63. The van der Waals surface area contributed by atoms with E-state index < -0.39 is 15.9 Å². The number of aryl methyl sites for hydroxylation is 2. The van der Waals surface area contributed by atoms with Crippen molar-refractivity contribution in [3.05, 3.63) is 81.6 Å².